The number of fused-ring (bicyclic) bond motifs is 1. The molecule has 0 N–H and O–H groups in total. The lowest BCUT2D eigenvalue weighted by Gasteiger charge is -2.16. The minimum Gasteiger partial charge on any atom is -0.0656 e. The van der Waals surface area contributed by atoms with Crippen LogP contribution in [0.2, 0.25) is 19.6 Å². The highest BCUT2D eigenvalue weighted by Gasteiger charge is 2.21. The minimum absolute atomic E-state index is 1.18. The summed E-state index contributed by atoms with van der Waals surface area (Å²) in [5.41, 5.74) is 2.81. The van der Waals surface area contributed by atoms with E-state index in [0.29, 0.717) is 0 Å². The summed E-state index contributed by atoms with van der Waals surface area (Å²) in [5.74, 6) is 0. The molecule has 0 nitrogen and oxygen atoms in total. The fraction of sp³-hybridized carbons (Fsp3) is 0.231. The Morgan fingerprint density at radius 2 is 1.50 bits per heavy atom. The van der Waals surface area contributed by atoms with Gasteiger partial charge in [-0.1, -0.05) is 67.3 Å². The predicted molar refractivity (Wildman–Crippen MR) is 66.0 cm³/mol. The van der Waals surface area contributed by atoms with Crippen molar-refractivity contribution in [2.75, 3.05) is 0 Å². The van der Waals surface area contributed by atoms with Gasteiger partial charge in [-0.15, -0.1) is 0 Å². The van der Waals surface area contributed by atoms with Crippen LogP contribution in [0.15, 0.2) is 42.5 Å². The molecule has 0 aliphatic heterocycles. The molecular weight excluding hydrogens is 184 g/mol. The van der Waals surface area contributed by atoms with Crippen LogP contribution >= 0.6 is 0 Å². The average Bonchev–Trinajstić information content (AvgIpc) is 2.36. The normalized spacial score (nSPS) is 11.9. The molecule has 0 atom stereocenters. The summed E-state index contributed by atoms with van der Waals surface area (Å²) in [4.78, 5) is 0. The first-order valence-corrected chi connectivity index (χ1v) is 8.57. The maximum Gasteiger partial charge on any atom is 0.0784 e. The molecule has 2 aliphatic rings. The molecule has 0 aromatic carbocycles. The fourth-order valence-corrected chi connectivity index (χ4v) is 3.49. The second-order valence-corrected chi connectivity index (χ2v) is 9.82. The van der Waals surface area contributed by atoms with Crippen molar-refractivity contribution in [1.29, 1.82) is 0 Å². The van der Waals surface area contributed by atoms with Gasteiger partial charge in [-0.3, -0.25) is 0 Å². The molecule has 0 bridgehead atoms. The zero-order valence-corrected chi connectivity index (χ0v) is 10.0. The molecule has 1 heteroatoms. The van der Waals surface area contributed by atoms with Crippen LogP contribution in [0.3, 0.4) is 0 Å². The molecule has 0 unspecified atom stereocenters. The maximum atomic E-state index is 2.40. The molecule has 72 valence electrons. The fourth-order valence-electron chi connectivity index (χ4n) is 1.87. The van der Waals surface area contributed by atoms with E-state index in [-0.39, 0.29) is 0 Å². The molecule has 2 rings (SSSR count). The van der Waals surface area contributed by atoms with E-state index in [1.54, 1.807) is 5.19 Å². The van der Waals surface area contributed by atoms with Crippen LogP contribution in [-0.2, 0) is 0 Å². The maximum absolute atomic E-state index is 2.40. The van der Waals surface area contributed by atoms with E-state index >= 15 is 0 Å². The van der Waals surface area contributed by atoms with Crippen LogP contribution in [0, 0.1) is 0 Å². The van der Waals surface area contributed by atoms with Crippen molar-refractivity contribution in [1.82, 2.24) is 0 Å². The highest BCUT2D eigenvalue weighted by Crippen LogP contribution is 2.22. The molecule has 0 aromatic rings. The number of rotatable bonds is 1. The Hall–Kier alpha value is -1.08. The smallest absolute Gasteiger partial charge is 0.0656 e. The molecule has 0 radical (unpaired) electrons. The van der Waals surface area contributed by atoms with E-state index < -0.39 is 8.07 Å². The third kappa shape index (κ3) is 1.60. The summed E-state index contributed by atoms with van der Waals surface area (Å²) in [6.45, 7) is 7.19. The van der Waals surface area contributed by atoms with Gasteiger partial charge in [0.15, 0.2) is 0 Å². The Morgan fingerprint density at radius 3 is 2.21 bits per heavy atom. The molecule has 14 heavy (non-hydrogen) atoms. The van der Waals surface area contributed by atoms with Crippen molar-refractivity contribution in [2.24, 2.45) is 0 Å². The average molecular weight is 200 g/mol. The Bertz CT molecular complexity index is 412. The van der Waals surface area contributed by atoms with Crippen LogP contribution in [0.1, 0.15) is 0 Å². The summed E-state index contributed by atoms with van der Waals surface area (Å²) >= 11 is 0. The van der Waals surface area contributed by atoms with Crippen molar-refractivity contribution in [2.45, 2.75) is 19.6 Å². The highest BCUT2D eigenvalue weighted by molar-refractivity contribution is 6.89. The predicted octanol–water partition coefficient (Wildman–Crippen LogP) is 3.34. The van der Waals surface area contributed by atoms with Gasteiger partial charge in [0.2, 0.25) is 0 Å². The van der Waals surface area contributed by atoms with Gasteiger partial charge in [-0.25, -0.2) is 0 Å². The zero-order chi connectivity index (χ0) is 10.2. The van der Waals surface area contributed by atoms with Gasteiger partial charge < -0.3 is 0 Å². The first kappa shape index (κ1) is 9.47. The minimum atomic E-state index is -1.18. The van der Waals surface area contributed by atoms with Crippen LogP contribution < -0.4 is 5.19 Å². The summed E-state index contributed by atoms with van der Waals surface area (Å²) in [6, 6.07) is 15.3. The van der Waals surface area contributed by atoms with Gasteiger partial charge in [-0.2, -0.15) is 0 Å². The van der Waals surface area contributed by atoms with Crippen molar-refractivity contribution in [3.63, 3.8) is 0 Å². The summed E-state index contributed by atoms with van der Waals surface area (Å²) in [7, 11) is -1.18. The monoisotopic (exact) mass is 200 g/mol. The lowest BCUT2D eigenvalue weighted by molar-refractivity contribution is 1.75. The Kier molecular flexibility index (Phi) is 2.20. The Morgan fingerprint density at radius 1 is 0.786 bits per heavy atom. The van der Waals surface area contributed by atoms with Gasteiger partial charge in [-0.05, 0) is 11.1 Å². The molecule has 0 amide bonds. The zero-order valence-electron chi connectivity index (χ0n) is 9.04. The number of hydrogen-bond donors (Lipinski definition) is 0. The van der Waals surface area contributed by atoms with E-state index in [0.717, 1.165) is 0 Å². The first-order chi connectivity index (χ1) is 6.59. The topological polar surface area (TPSA) is 0 Å². The SMILES string of the molecule is C[Si](C)(C)c1ccc2cccccc1-2. The molecule has 0 saturated carbocycles. The quantitative estimate of drug-likeness (QED) is 0.619. The molecule has 0 heterocycles. The highest BCUT2D eigenvalue weighted by atomic mass is 28.3. The molecule has 2 aliphatic carbocycles. The number of hydrogen-bond acceptors (Lipinski definition) is 0. The third-order valence-corrected chi connectivity index (χ3v) is 4.65. The van der Waals surface area contributed by atoms with Gasteiger partial charge in [0.05, 0.1) is 8.07 Å². The van der Waals surface area contributed by atoms with Gasteiger partial charge in [0.25, 0.3) is 0 Å². The molecular formula is C13H16Si. The summed E-state index contributed by atoms with van der Waals surface area (Å²) < 4.78 is 0. The Labute approximate surface area is 86.9 Å². The van der Waals surface area contributed by atoms with Crippen LogP contribution in [0.4, 0.5) is 0 Å². The second kappa shape index (κ2) is 3.25. The van der Waals surface area contributed by atoms with E-state index in [4.69, 9.17) is 0 Å². The second-order valence-electron chi connectivity index (χ2n) is 4.78. The molecule has 0 aromatic heterocycles. The summed E-state index contributed by atoms with van der Waals surface area (Å²) in [6.07, 6.45) is 0. The van der Waals surface area contributed by atoms with Crippen molar-refractivity contribution in [3.05, 3.63) is 42.5 Å². The standard InChI is InChI=1S/C13H16Si/c1-14(2,3)13-10-9-11-7-5-4-6-8-12(11)13/h4-10H,1-3H3. The van der Waals surface area contributed by atoms with Crippen molar-refractivity contribution < 1.29 is 0 Å². The third-order valence-electron chi connectivity index (χ3n) is 2.60. The van der Waals surface area contributed by atoms with E-state index in [2.05, 4.69) is 62.1 Å². The lowest BCUT2D eigenvalue weighted by Crippen LogP contribution is -2.37. The summed E-state index contributed by atoms with van der Waals surface area (Å²) in [5, 5.41) is 1.57. The van der Waals surface area contributed by atoms with Gasteiger partial charge >= 0.3 is 0 Å². The Balaban J connectivity index is 2.64. The van der Waals surface area contributed by atoms with Crippen LogP contribution in [-0.4, -0.2) is 8.07 Å². The van der Waals surface area contributed by atoms with Gasteiger partial charge in [0.1, 0.15) is 0 Å². The van der Waals surface area contributed by atoms with E-state index in [1.807, 2.05) is 0 Å². The van der Waals surface area contributed by atoms with Crippen molar-refractivity contribution in [3.8, 4) is 11.1 Å². The van der Waals surface area contributed by atoms with E-state index in [1.165, 1.54) is 11.1 Å². The molecule has 0 fully saturated rings. The van der Waals surface area contributed by atoms with E-state index in [9.17, 15) is 0 Å². The molecule has 0 saturated heterocycles. The largest absolute Gasteiger partial charge is 0.0784 e. The first-order valence-electron chi connectivity index (χ1n) is 5.07. The lowest BCUT2D eigenvalue weighted by atomic mass is 10.2. The van der Waals surface area contributed by atoms with Crippen molar-refractivity contribution >= 4 is 13.3 Å². The van der Waals surface area contributed by atoms with Crippen LogP contribution in [0.25, 0.3) is 11.1 Å². The van der Waals surface area contributed by atoms with Gasteiger partial charge in [0, 0.05) is 0 Å². The molecule has 0 spiro atoms. The van der Waals surface area contributed by atoms with Crippen LogP contribution in [0.5, 0.6) is 0 Å².